The Morgan fingerprint density at radius 3 is 2.52 bits per heavy atom. The molecule has 0 amide bonds. The molecule has 0 radical (unpaired) electrons. The minimum absolute atomic E-state index is 0.0355. The van der Waals surface area contributed by atoms with E-state index in [1.165, 1.54) is 13.0 Å². The highest BCUT2D eigenvalue weighted by atomic mass is 79.9. The molecule has 0 fully saturated rings. The zero-order valence-electron chi connectivity index (χ0n) is 13.6. The van der Waals surface area contributed by atoms with Gasteiger partial charge in [-0.2, -0.15) is 18.3 Å². The first-order chi connectivity index (χ1) is 10.5. The van der Waals surface area contributed by atoms with Gasteiger partial charge in [-0.3, -0.25) is 0 Å². The Hall–Kier alpha value is -0.863. The highest BCUT2D eigenvalue weighted by Gasteiger charge is 2.36. The van der Waals surface area contributed by atoms with Crippen molar-refractivity contribution in [2.24, 2.45) is 0 Å². The molecule has 1 aromatic carbocycles. The third-order valence-corrected chi connectivity index (χ3v) is 6.03. The lowest BCUT2D eigenvalue weighted by Gasteiger charge is -2.15. The summed E-state index contributed by atoms with van der Waals surface area (Å²) < 4.78 is 46.5. The van der Waals surface area contributed by atoms with Crippen LogP contribution in [0.3, 0.4) is 0 Å². The molecule has 128 valence electrons. The normalized spacial score (nSPS) is 13.0. The van der Waals surface area contributed by atoms with E-state index in [2.05, 4.69) is 40.7 Å². The van der Waals surface area contributed by atoms with Crippen molar-refractivity contribution in [3.05, 3.63) is 27.9 Å². The van der Waals surface area contributed by atoms with E-state index in [-0.39, 0.29) is 16.8 Å². The number of hydrogen-bond acceptors (Lipinski definition) is 2. The van der Waals surface area contributed by atoms with Crippen LogP contribution in [0.1, 0.15) is 11.1 Å². The third kappa shape index (κ3) is 4.57. The van der Waals surface area contributed by atoms with Crippen LogP contribution >= 0.6 is 15.9 Å². The van der Waals surface area contributed by atoms with E-state index in [0.29, 0.717) is 17.5 Å². The third-order valence-electron chi connectivity index (χ3n) is 3.50. The van der Waals surface area contributed by atoms with Crippen LogP contribution in [0.2, 0.25) is 25.7 Å². The van der Waals surface area contributed by atoms with Crippen LogP contribution in [0.15, 0.2) is 16.7 Å². The van der Waals surface area contributed by atoms with Crippen LogP contribution in [-0.2, 0) is 17.6 Å². The summed E-state index contributed by atoms with van der Waals surface area (Å²) >= 11 is 3.08. The molecule has 3 nitrogen and oxygen atoms in total. The molecule has 0 unspecified atom stereocenters. The van der Waals surface area contributed by atoms with Crippen LogP contribution in [0, 0.1) is 6.92 Å². The first-order valence-electron chi connectivity index (χ1n) is 7.30. The Bertz CT molecular complexity index is 707. The monoisotopic (exact) mass is 408 g/mol. The fourth-order valence-corrected chi connectivity index (χ4v) is 3.85. The minimum Gasteiger partial charge on any atom is -0.360 e. The molecule has 0 saturated heterocycles. The van der Waals surface area contributed by atoms with E-state index in [1.54, 1.807) is 10.9 Å². The number of halogens is 4. The van der Waals surface area contributed by atoms with Gasteiger partial charge in [0.25, 0.3) is 0 Å². The average Bonchev–Trinajstić information content (AvgIpc) is 2.75. The number of rotatable bonds is 5. The Morgan fingerprint density at radius 2 is 1.96 bits per heavy atom. The van der Waals surface area contributed by atoms with Gasteiger partial charge in [-0.05, 0) is 40.5 Å². The summed E-state index contributed by atoms with van der Waals surface area (Å²) in [4.78, 5) is 0. The molecule has 0 N–H and O–H groups in total. The summed E-state index contributed by atoms with van der Waals surface area (Å²) in [7, 11) is -1.16. The lowest BCUT2D eigenvalue weighted by molar-refractivity contribution is -0.138. The summed E-state index contributed by atoms with van der Waals surface area (Å²) in [5, 5.41) is 4.74. The van der Waals surface area contributed by atoms with Gasteiger partial charge in [-0.1, -0.05) is 19.6 Å². The molecule has 1 heterocycles. The molecule has 0 atom stereocenters. The van der Waals surface area contributed by atoms with Crippen LogP contribution < -0.4 is 0 Å². The molecule has 0 spiro atoms. The zero-order valence-corrected chi connectivity index (χ0v) is 16.2. The number of fused-ring (bicyclic) bond motifs is 1. The number of ether oxygens (including phenoxy) is 1. The molecule has 0 aliphatic rings. The molecule has 0 saturated carbocycles. The Labute approximate surface area is 142 Å². The standard InChI is InChI=1S/C15H20BrF3N2OSi/c1-10-7-12-11(14(16)13(10)15(17,18)19)8-21(20-12)9-22-5-6-23(2,3)4/h7-8H,5-6,9H2,1-4H3. The fraction of sp³-hybridized carbons (Fsp3) is 0.533. The number of hydrogen-bond donors (Lipinski definition) is 0. The highest BCUT2D eigenvalue weighted by Crippen LogP contribution is 2.40. The van der Waals surface area contributed by atoms with Crippen molar-refractivity contribution in [3.8, 4) is 0 Å². The van der Waals surface area contributed by atoms with Gasteiger partial charge in [0, 0.05) is 30.7 Å². The second kappa shape index (κ2) is 6.56. The molecule has 0 bridgehead atoms. The van der Waals surface area contributed by atoms with Gasteiger partial charge < -0.3 is 4.74 Å². The second-order valence-electron chi connectivity index (χ2n) is 6.83. The molecular formula is C15H20BrF3N2OSi. The van der Waals surface area contributed by atoms with Gasteiger partial charge in [0.2, 0.25) is 0 Å². The maximum atomic E-state index is 13.1. The summed E-state index contributed by atoms with van der Waals surface area (Å²) in [6.07, 6.45) is -2.81. The first kappa shape index (κ1) is 18.5. The SMILES string of the molecule is Cc1cc2nn(COCC[Si](C)(C)C)cc2c(Br)c1C(F)(F)F. The number of aromatic nitrogens is 2. The van der Waals surface area contributed by atoms with Crippen LogP contribution in [-0.4, -0.2) is 24.5 Å². The van der Waals surface area contributed by atoms with E-state index in [1.807, 2.05) is 0 Å². The van der Waals surface area contributed by atoms with Gasteiger partial charge in [-0.15, -0.1) is 0 Å². The molecular weight excluding hydrogens is 389 g/mol. The van der Waals surface area contributed by atoms with Crippen LogP contribution in [0.4, 0.5) is 13.2 Å². The van der Waals surface area contributed by atoms with E-state index in [4.69, 9.17) is 4.74 Å². The van der Waals surface area contributed by atoms with Gasteiger partial charge >= 0.3 is 6.18 Å². The van der Waals surface area contributed by atoms with Crippen molar-refractivity contribution in [1.82, 2.24) is 9.78 Å². The zero-order chi connectivity index (χ0) is 17.4. The molecule has 2 aromatic rings. The quantitative estimate of drug-likeness (QED) is 0.486. The maximum Gasteiger partial charge on any atom is 0.417 e. The minimum atomic E-state index is -4.40. The molecule has 23 heavy (non-hydrogen) atoms. The molecule has 8 heteroatoms. The second-order valence-corrected chi connectivity index (χ2v) is 13.2. The number of nitrogens with zero attached hydrogens (tertiary/aromatic N) is 2. The largest absolute Gasteiger partial charge is 0.417 e. The lowest BCUT2D eigenvalue weighted by atomic mass is 10.1. The predicted molar refractivity (Wildman–Crippen MR) is 91.3 cm³/mol. The summed E-state index contributed by atoms with van der Waals surface area (Å²) in [6.45, 7) is 9.10. The highest BCUT2D eigenvalue weighted by molar-refractivity contribution is 9.10. The van der Waals surface area contributed by atoms with E-state index in [0.717, 1.165) is 6.04 Å². The van der Waals surface area contributed by atoms with Crippen LogP contribution in [0.5, 0.6) is 0 Å². The first-order valence-corrected chi connectivity index (χ1v) is 11.8. The average molecular weight is 409 g/mol. The van der Waals surface area contributed by atoms with Crippen molar-refractivity contribution in [1.29, 1.82) is 0 Å². The van der Waals surface area contributed by atoms with Gasteiger partial charge in [0.05, 0.1) is 11.1 Å². The smallest absolute Gasteiger partial charge is 0.360 e. The molecule has 1 aromatic heterocycles. The van der Waals surface area contributed by atoms with Crippen molar-refractivity contribution in [3.63, 3.8) is 0 Å². The molecule has 0 aliphatic heterocycles. The van der Waals surface area contributed by atoms with Crippen molar-refractivity contribution in [2.75, 3.05) is 6.61 Å². The van der Waals surface area contributed by atoms with E-state index in [9.17, 15) is 13.2 Å². The summed E-state index contributed by atoms with van der Waals surface area (Å²) in [5.41, 5.74) is 0.0298. The Balaban J connectivity index is 2.21. The van der Waals surface area contributed by atoms with E-state index >= 15 is 0 Å². The molecule has 0 aliphatic carbocycles. The number of benzene rings is 1. The number of alkyl halides is 3. The number of aryl methyl sites for hydroxylation is 1. The summed E-state index contributed by atoms with van der Waals surface area (Å²) in [5.74, 6) is 0. The van der Waals surface area contributed by atoms with Gasteiger partial charge in [0.15, 0.2) is 0 Å². The van der Waals surface area contributed by atoms with Crippen molar-refractivity contribution >= 4 is 34.9 Å². The Kier molecular flexibility index (Phi) is 5.27. The van der Waals surface area contributed by atoms with Crippen molar-refractivity contribution < 1.29 is 17.9 Å². The Morgan fingerprint density at radius 1 is 1.30 bits per heavy atom. The lowest BCUT2D eigenvalue weighted by Crippen LogP contribution is -2.22. The fourth-order valence-electron chi connectivity index (χ4n) is 2.25. The van der Waals surface area contributed by atoms with Crippen molar-refractivity contribution in [2.45, 2.75) is 45.5 Å². The van der Waals surface area contributed by atoms with Crippen LogP contribution in [0.25, 0.3) is 10.9 Å². The molecule has 2 rings (SSSR count). The predicted octanol–water partition coefficient (Wildman–Crippen LogP) is 5.44. The summed E-state index contributed by atoms with van der Waals surface area (Å²) in [6, 6.07) is 2.50. The van der Waals surface area contributed by atoms with Gasteiger partial charge in [0.1, 0.15) is 6.73 Å². The topological polar surface area (TPSA) is 27.1 Å². The van der Waals surface area contributed by atoms with Gasteiger partial charge in [-0.25, -0.2) is 4.68 Å². The van der Waals surface area contributed by atoms with E-state index < -0.39 is 19.8 Å². The maximum absolute atomic E-state index is 13.1.